The number of nitrogens with zero attached hydrogens (tertiary/aromatic N) is 3. The minimum atomic E-state index is -0.757. The predicted molar refractivity (Wildman–Crippen MR) is 225 cm³/mol. The zero-order valence-corrected chi connectivity index (χ0v) is 34.8. The van der Waals surface area contributed by atoms with Gasteiger partial charge in [0.2, 0.25) is 5.91 Å². The smallest absolute Gasteiger partial charge is 0.434 e. The Balaban J connectivity index is 1.19. The Kier molecular flexibility index (Phi) is 12.3. The number of amides is 2. The number of alkyl carbamates (subject to hydrolysis) is 1. The molecule has 2 heterocycles. The molecule has 0 saturated heterocycles. The van der Waals surface area contributed by atoms with Crippen molar-refractivity contribution >= 4 is 51.4 Å². The number of carbonyl (C=O) groups is 4. The number of anilines is 1. The molecule has 308 valence electrons. The molecule has 2 amide bonds. The molecular formula is C45H56N6O7. The Bertz CT molecular complexity index is 2350. The number of ether oxygens (including phenoxy) is 2. The molecule has 58 heavy (non-hydrogen) atoms. The third-order valence-electron chi connectivity index (χ3n) is 10.5. The van der Waals surface area contributed by atoms with E-state index in [1.54, 1.807) is 33.0 Å². The van der Waals surface area contributed by atoms with Gasteiger partial charge in [0.1, 0.15) is 17.0 Å². The van der Waals surface area contributed by atoms with Crippen LogP contribution < -0.4 is 16.2 Å². The third-order valence-corrected chi connectivity index (χ3v) is 10.5. The van der Waals surface area contributed by atoms with Gasteiger partial charge in [0.25, 0.3) is 5.56 Å². The van der Waals surface area contributed by atoms with Crippen molar-refractivity contribution in [2.75, 3.05) is 11.9 Å². The van der Waals surface area contributed by atoms with Crippen molar-refractivity contribution in [3.63, 3.8) is 0 Å². The number of H-pyrrole nitrogens is 1. The molecule has 0 radical (unpaired) electrons. The molecular weight excluding hydrogens is 737 g/mol. The minimum absolute atomic E-state index is 0.0667. The van der Waals surface area contributed by atoms with Crippen LogP contribution in [0.2, 0.25) is 0 Å². The van der Waals surface area contributed by atoms with Crippen molar-refractivity contribution in [1.29, 1.82) is 0 Å². The maximum atomic E-state index is 14.0. The van der Waals surface area contributed by atoms with Crippen LogP contribution in [-0.4, -0.2) is 61.2 Å². The number of fused-ring (bicyclic) bond motifs is 2. The van der Waals surface area contributed by atoms with Crippen molar-refractivity contribution in [3.8, 4) is 11.1 Å². The highest BCUT2D eigenvalue weighted by molar-refractivity contribution is 5.97. The fraction of sp³-hybridized carbons (Fsp3) is 0.467. The van der Waals surface area contributed by atoms with E-state index in [9.17, 15) is 24.0 Å². The normalized spacial score (nSPS) is 16.6. The first-order valence-electron chi connectivity index (χ1n) is 20.2. The molecule has 0 bridgehead atoms. The molecule has 5 aromatic rings. The minimum Gasteiger partial charge on any atom is -0.444 e. The lowest BCUT2D eigenvalue weighted by Gasteiger charge is -2.29. The van der Waals surface area contributed by atoms with Crippen LogP contribution in [0, 0.1) is 17.8 Å². The van der Waals surface area contributed by atoms with Crippen LogP contribution in [-0.2, 0) is 25.5 Å². The molecule has 3 aromatic carbocycles. The monoisotopic (exact) mass is 792 g/mol. The van der Waals surface area contributed by atoms with Crippen LogP contribution in [0.3, 0.4) is 0 Å². The van der Waals surface area contributed by atoms with Gasteiger partial charge in [-0.1, -0.05) is 30.3 Å². The van der Waals surface area contributed by atoms with Gasteiger partial charge >= 0.3 is 12.2 Å². The maximum Gasteiger partial charge on any atom is 0.434 e. The van der Waals surface area contributed by atoms with Crippen molar-refractivity contribution < 1.29 is 28.7 Å². The number of hydrogen-bond acceptors (Lipinski definition) is 8. The highest BCUT2D eigenvalue weighted by Gasteiger charge is 2.31. The number of rotatable bonds is 11. The topological polar surface area (TPSA) is 166 Å². The highest BCUT2D eigenvalue weighted by atomic mass is 16.6. The lowest BCUT2D eigenvalue weighted by Crippen LogP contribution is -2.37. The summed E-state index contributed by atoms with van der Waals surface area (Å²) in [5.74, 6) is -0.704. The van der Waals surface area contributed by atoms with Crippen LogP contribution in [0.5, 0.6) is 0 Å². The average molecular weight is 793 g/mol. The number of ketones is 1. The van der Waals surface area contributed by atoms with Crippen molar-refractivity contribution in [2.45, 2.75) is 111 Å². The standard InChI is InChI=1S/C45H56N6O7/c1-27(2)50-41(54)36-20-18-32(22-38(36)51(50)43(56)58-45(6,7)8)30-13-9-28(10-14-30)21-34(40(53)48-35-19-17-33-26-47-49-37(33)24-35)23-39(52)31-15-11-29(12-16-31)25-46-42(55)57-44(3,4)5/h9-10,13-14,17-20,22,24,26-27,29,31,34H,11-12,15-16,21,23,25H2,1-8H3,(H,46,55)(H,47,49)(H,48,53)/t29?,31?,34-/m1/s1. The van der Waals surface area contributed by atoms with Crippen LogP contribution in [0.15, 0.2) is 71.7 Å². The van der Waals surface area contributed by atoms with E-state index in [2.05, 4.69) is 20.8 Å². The van der Waals surface area contributed by atoms with Gasteiger partial charge in [-0.2, -0.15) is 9.78 Å². The van der Waals surface area contributed by atoms with Gasteiger partial charge in [-0.3, -0.25) is 19.5 Å². The zero-order valence-electron chi connectivity index (χ0n) is 34.8. The molecule has 0 aliphatic heterocycles. The second kappa shape index (κ2) is 17.0. The summed E-state index contributed by atoms with van der Waals surface area (Å²) in [5, 5.41) is 14.3. The number of hydrogen-bond donors (Lipinski definition) is 3. The van der Waals surface area contributed by atoms with Crippen molar-refractivity contribution in [3.05, 3.63) is 82.8 Å². The van der Waals surface area contributed by atoms with Gasteiger partial charge < -0.3 is 20.1 Å². The molecule has 6 rings (SSSR count). The fourth-order valence-electron chi connectivity index (χ4n) is 7.63. The second-order valence-corrected chi connectivity index (χ2v) is 17.8. The Morgan fingerprint density at radius 2 is 1.53 bits per heavy atom. The molecule has 13 nitrogen and oxygen atoms in total. The summed E-state index contributed by atoms with van der Waals surface area (Å²) in [6.45, 7) is 15.0. The lowest BCUT2D eigenvalue weighted by atomic mass is 9.77. The zero-order chi connectivity index (χ0) is 41.9. The van der Waals surface area contributed by atoms with E-state index in [-0.39, 0.29) is 41.5 Å². The maximum absolute atomic E-state index is 14.0. The largest absolute Gasteiger partial charge is 0.444 e. The summed E-state index contributed by atoms with van der Waals surface area (Å²) in [6, 6.07) is 18.4. The average Bonchev–Trinajstić information content (AvgIpc) is 3.74. The van der Waals surface area contributed by atoms with E-state index in [4.69, 9.17) is 9.47 Å². The number of aromatic nitrogens is 4. The highest BCUT2D eigenvalue weighted by Crippen LogP contribution is 2.32. The first kappa shape index (κ1) is 41.9. The summed E-state index contributed by atoms with van der Waals surface area (Å²) in [7, 11) is 0. The van der Waals surface area contributed by atoms with E-state index in [0.717, 1.165) is 40.4 Å². The van der Waals surface area contributed by atoms with Gasteiger partial charge in [0.15, 0.2) is 0 Å². The van der Waals surface area contributed by atoms with Gasteiger partial charge in [-0.25, -0.2) is 14.3 Å². The molecule has 3 N–H and O–H groups in total. The summed E-state index contributed by atoms with van der Waals surface area (Å²) >= 11 is 0. The molecule has 1 fully saturated rings. The van der Waals surface area contributed by atoms with Crippen molar-refractivity contribution in [2.24, 2.45) is 17.8 Å². The fourth-order valence-corrected chi connectivity index (χ4v) is 7.63. The first-order valence-corrected chi connectivity index (χ1v) is 20.2. The molecule has 1 saturated carbocycles. The lowest BCUT2D eigenvalue weighted by molar-refractivity contribution is -0.129. The third kappa shape index (κ3) is 10.2. The van der Waals surface area contributed by atoms with Gasteiger partial charge in [-0.15, -0.1) is 0 Å². The van der Waals surface area contributed by atoms with E-state index < -0.39 is 29.3 Å². The van der Waals surface area contributed by atoms with E-state index in [1.165, 1.54) is 9.36 Å². The number of nitrogens with one attached hydrogen (secondary N) is 3. The van der Waals surface area contributed by atoms with E-state index in [0.29, 0.717) is 42.4 Å². The molecule has 13 heteroatoms. The summed E-state index contributed by atoms with van der Waals surface area (Å²) in [6.07, 6.45) is 4.09. The predicted octanol–water partition coefficient (Wildman–Crippen LogP) is 8.80. The van der Waals surface area contributed by atoms with Crippen LogP contribution in [0.4, 0.5) is 15.3 Å². The second-order valence-electron chi connectivity index (χ2n) is 17.8. The van der Waals surface area contributed by atoms with Gasteiger partial charge in [-0.05, 0) is 140 Å². The summed E-state index contributed by atoms with van der Waals surface area (Å²) in [5.41, 5.74) is 2.79. The Hall–Kier alpha value is -5.72. The molecule has 1 atom stereocenters. The Morgan fingerprint density at radius 3 is 2.19 bits per heavy atom. The molecule has 0 unspecified atom stereocenters. The van der Waals surface area contributed by atoms with Gasteiger partial charge in [0, 0.05) is 41.9 Å². The molecule has 2 aromatic heterocycles. The number of Topliss-reactive ketones (excluding diaryl/α,β-unsaturated/α-hetero) is 1. The number of aromatic amines is 1. The van der Waals surface area contributed by atoms with Gasteiger partial charge in [0.05, 0.1) is 22.6 Å². The first-order chi connectivity index (χ1) is 27.3. The number of carbonyl (C=O) groups excluding carboxylic acids is 4. The Labute approximate surface area is 338 Å². The molecule has 0 spiro atoms. The van der Waals surface area contributed by atoms with Crippen LogP contribution in [0.1, 0.15) is 99.1 Å². The van der Waals surface area contributed by atoms with Crippen LogP contribution in [0.25, 0.3) is 32.9 Å². The van der Waals surface area contributed by atoms with Crippen LogP contribution >= 0.6 is 0 Å². The quantitative estimate of drug-likeness (QED) is 0.119. The molecule has 1 aliphatic rings. The molecule has 1 aliphatic carbocycles. The van der Waals surface area contributed by atoms with Crippen molar-refractivity contribution in [1.82, 2.24) is 24.9 Å². The van der Waals surface area contributed by atoms with E-state index >= 15 is 0 Å². The van der Waals surface area contributed by atoms with E-state index in [1.807, 2.05) is 89.2 Å². The summed E-state index contributed by atoms with van der Waals surface area (Å²) < 4.78 is 13.8. The SMILES string of the molecule is CC(C)n1c(=O)c2ccc(-c3ccc(C[C@H](CC(=O)C4CCC(CNC(=O)OC(C)(C)C)CC4)C(=O)Nc4ccc5cn[nH]c5c4)cc3)cc2n1C(=O)OC(C)(C)C. The Morgan fingerprint density at radius 1 is 0.862 bits per heavy atom. The number of benzene rings is 3. The summed E-state index contributed by atoms with van der Waals surface area (Å²) in [4.78, 5) is 66.8.